The van der Waals surface area contributed by atoms with Crippen LogP contribution in [0.25, 0.3) is 0 Å². The predicted octanol–water partition coefficient (Wildman–Crippen LogP) is 4.45. The molecule has 1 aromatic carbocycles. The van der Waals surface area contributed by atoms with Gasteiger partial charge in [-0.15, -0.1) is 11.3 Å². The molecule has 1 aliphatic carbocycles. The second-order valence-corrected chi connectivity index (χ2v) is 12.3. The Balaban J connectivity index is 1.39. The Kier molecular flexibility index (Phi) is 7.37. The Morgan fingerprint density at radius 1 is 1.19 bits per heavy atom. The maximum Gasteiger partial charge on any atom is 0.209 e. The van der Waals surface area contributed by atoms with E-state index in [1.54, 1.807) is 11.3 Å². The van der Waals surface area contributed by atoms with Gasteiger partial charge in [-0.3, -0.25) is 0 Å². The topological polar surface area (TPSA) is 71.5 Å². The molecule has 1 saturated carbocycles. The summed E-state index contributed by atoms with van der Waals surface area (Å²) in [5.41, 5.74) is 1.42. The molecule has 0 radical (unpaired) electrons. The fourth-order valence-corrected chi connectivity index (χ4v) is 6.96. The number of halogens is 1. The zero-order valence-corrected chi connectivity index (χ0v) is 21.2. The van der Waals surface area contributed by atoms with E-state index < -0.39 is 10.0 Å². The molecule has 6 nitrogen and oxygen atoms in total. The van der Waals surface area contributed by atoms with Gasteiger partial charge >= 0.3 is 0 Å². The smallest absolute Gasteiger partial charge is 0.209 e. The van der Waals surface area contributed by atoms with Crippen molar-refractivity contribution in [2.45, 2.75) is 63.1 Å². The van der Waals surface area contributed by atoms with Crippen molar-refractivity contribution in [3.05, 3.63) is 45.4 Å². The lowest BCUT2D eigenvalue weighted by atomic mass is 9.83. The second kappa shape index (κ2) is 9.87. The third-order valence-electron chi connectivity index (χ3n) is 6.33. The van der Waals surface area contributed by atoms with Gasteiger partial charge in [0.25, 0.3) is 0 Å². The summed E-state index contributed by atoms with van der Waals surface area (Å²) in [6.45, 7) is 3.30. The van der Waals surface area contributed by atoms with E-state index in [0.29, 0.717) is 12.5 Å². The molecule has 1 aliphatic heterocycles. The quantitative estimate of drug-likeness (QED) is 0.575. The highest BCUT2D eigenvalue weighted by molar-refractivity contribution is 9.10. The van der Waals surface area contributed by atoms with Crippen LogP contribution < -0.4 is 9.62 Å². The largest absolute Gasteiger partial charge is 0.376 e. The van der Waals surface area contributed by atoms with E-state index in [1.165, 1.54) is 11.8 Å². The predicted molar refractivity (Wildman–Crippen MR) is 129 cm³/mol. The minimum atomic E-state index is -3.29. The average Bonchev–Trinajstić information content (AvgIpc) is 3.28. The van der Waals surface area contributed by atoms with E-state index in [2.05, 4.69) is 60.9 Å². The molecule has 1 N–H and O–H groups in total. The third-order valence-corrected chi connectivity index (χ3v) is 9.11. The molecular weight excluding hydrogens is 498 g/mol. The molecule has 2 aromatic rings. The first-order valence-corrected chi connectivity index (χ1v) is 14.3. The maximum atomic E-state index is 11.9. The van der Waals surface area contributed by atoms with Crippen LogP contribution in [0.1, 0.15) is 48.5 Å². The molecule has 170 valence electrons. The number of ether oxygens (including phenoxy) is 1. The van der Waals surface area contributed by atoms with Crippen LogP contribution in [0.5, 0.6) is 0 Å². The SMILES string of the molecule is Cc1sc(N2CC[C@H](NS(C)(=O)=O)[C@@H]2COC2CCC(c3ccccc3)CC2)nc1Br. The number of aryl methyl sites for hydroxylation is 1. The standard InChI is InChI=1S/C22H30BrN3O3S2/c1-15-21(23)24-22(30-15)26-13-12-19(25-31(2,27)28)20(26)14-29-18-10-8-17(9-11-18)16-6-4-3-5-7-16/h3-7,17-20,25H,8-14H2,1-2H3/t17?,18?,19-,20-/m0/s1. The van der Waals surface area contributed by atoms with E-state index in [-0.39, 0.29) is 18.2 Å². The van der Waals surface area contributed by atoms with Crippen molar-refractivity contribution >= 4 is 42.4 Å². The normalized spacial score (nSPS) is 27.0. The highest BCUT2D eigenvalue weighted by Crippen LogP contribution is 2.36. The summed E-state index contributed by atoms with van der Waals surface area (Å²) in [7, 11) is -3.29. The van der Waals surface area contributed by atoms with Crippen molar-refractivity contribution in [2.75, 3.05) is 24.3 Å². The van der Waals surface area contributed by atoms with E-state index in [9.17, 15) is 8.42 Å². The van der Waals surface area contributed by atoms with Crippen molar-refractivity contribution < 1.29 is 13.2 Å². The highest BCUT2D eigenvalue weighted by atomic mass is 79.9. The zero-order chi connectivity index (χ0) is 22.0. The van der Waals surface area contributed by atoms with Crippen molar-refractivity contribution in [3.8, 4) is 0 Å². The summed E-state index contributed by atoms with van der Waals surface area (Å²) < 4.78 is 33.9. The van der Waals surface area contributed by atoms with Crippen LogP contribution in [0.4, 0.5) is 5.13 Å². The number of nitrogens with zero attached hydrogens (tertiary/aromatic N) is 2. The van der Waals surface area contributed by atoms with Crippen LogP contribution in [0.15, 0.2) is 34.9 Å². The van der Waals surface area contributed by atoms with Crippen molar-refractivity contribution in [2.24, 2.45) is 0 Å². The van der Waals surface area contributed by atoms with Crippen LogP contribution in [0.2, 0.25) is 0 Å². The van der Waals surface area contributed by atoms with Gasteiger partial charge in [-0.05, 0) is 66.4 Å². The minimum absolute atomic E-state index is 0.0565. The summed E-state index contributed by atoms with van der Waals surface area (Å²) in [6, 6.07) is 10.5. The van der Waals surface area contributed by atoms with Gasteiger partial charge in [0.05, 0.1) is 25.0 Å². The van der Waals surface area contributed by atoms with Crippen molar-refractivity contribution in [3.63, 3.8) is 0 Å². The molecule has 9 heteroatoms. The van der Waals surface area contributed by atoms with Gasteiger partial charge in [0.15, 0.2) is 5.13 Å². The van der Waals surface area contributed by atoms with Gasteiger partial charge in [-0.25, -0.2) is 18.1 Å². The van der Waals surface area contributed by atoms with Gasteiger partial charge in [0.2, 0.25) is 10.0 Å². The molecule has 2 aliphatic rings. The minimum Gasteiger partial charge on any atom is -0.376 e. The molecule has 0 bridgehead atoms. The molecule has 4 rings (SSSR count). The first-order chi connectivity index (χ1) is 14.8. The van der Waals surface area contributed by atoms with Crippen molar-refractivity contribution in [1.82, 2.24) is 9.71 Å². The van der Waals surface area contributed by atoms with Gasteiger partial charge in [0.1, 0.15) is 4.60 Å². The summed E-state index contributed by atoms with van der Waals surface area (Å²) in [5.74, 6) is 0.610. The first kappa shape index (κ1) is 23.2. The number of sulfonamides is 1. The third kappa shape index (κ3) is 5.87. The first-order valence-electron chi connectivity index (χ1n) is 10.8. The van der Waals surface area contributed by atoms with Crippen LogP contribution in [0, 0.1) is 6.92 Å². The summed E-state index contributed by atoms with van der Waals surface area (Å²) in [4.78, 5) is 7.97. The van der Waals surface area contributed by atoms with Crippen LogP contribution >= 0.6 is 27.3 Å². The molecule has 0 amide bonds. The number of hydrogen-bond donors (Lipinski definition) is 1. The van der Waals surface area contributed by atoms with E-state index in [0.717, 1.165) is 53.3 Å². The molecule has 0 spiro atoms. The molecule has 2 heterocycles. The summed E-state index contributed by atoms with van der Waals surface area (Å²) in [5, 5.41) is 0.920. The van der Waals surface area contributed by atoms with Crippen LogP contribution in [-0.4, -0.2) is 51.0 Å². The average molecular weight is 529 g/mol. The lowest BCUT2D eigenvalue weighted by Crippen LogP contribution is -2.48. The Hall–Kier alpha value is -1.00. The number of rotatable bonds is 7. The Labute approximate surface area is 197 Å². The van der Waals surface area contributed by atoms with Gasteiger partial charge < -0.3 is 9.64 Å². The fraction of sp³-hybridized carbons (Fsp3) is 0.591. The number of nitrogens with one attached hydrogen (secondary N) is 1. The van der Waals surface area contributed by atoms with Gasteiger partial charge in [-0.2, -0.15) is 0 Å². The van der Waals surface area contributed by atoms with E-state index in [1.807, 2.05) is 6.92 Å². The fourth-order valence-electron chi connectivity index (χ4n) is 4.72. The molecule has 2 atom stereocenters. The molecule has 1 saturated heterocycles. The molecule has 2 fully saturated rings. The van der Waals surface area contributed by atoms with Crippen molar-refractivity contribution in [1.29, 1.82) is 0 Å². The molecule has 0 unspecified atom stereocenters. The number of anilines is 1. The number of aromatic nitrogens is 1. The Bertz CT molecular complexity index is 956. The monoisotopic (exact) mass is 527 g/mol. The number of thiazole rings is 1. The highest BCUT2D eigenvalue weighted by Gasteiger charge is 2.38. The zero-order valence-electron chi connectivity index (χ0n) is 18.0. The summed E-state index contributed by atoms with van der Waals surface area (Å²) >= 11 is 5.13. The molecular formula is C22H30BrN3O3S2. The van der Waals surface area contributed by atoms with Crippen LogP contribution in [-0.2, 0) is 14.8 Å². The van der Waals surface area contributed by atoms with Gasteiger partial charge in [0, 0.05) is 17.5 Å². The second-order valence-electron chi connectivity index (χ2n) is 8.61. The summed E-state index contributed by atoms with van der Waals surface area (Å²) in [6.07, 6.45) is 6.54. The molecule has 31 heavy (non-hydrogen) atoms. The Morgan fingerprint density at radius 2 is 1.90 bits per heavy atom. The lowest BCUT2D eigenvalue weighted by Gasteiger charge is -2.32. The van der Waals surface area contributed by atoms with E-state index >= 15 is 0 Å². The lowest BCUT2D eigenvalue weighted by molar-refractivity contribution is 0.0157. The number of benzene rings is 1. The molecule has 1 aromatic heterocycles. The maximum absolute atomic E-state index is 11.9. The van der Waals surface area contributed by atoms with E-state index in [4.69, 9.17) is 4.74 Å². The van der Waals surface area contributed by atoms with Crippen LogP contribution in [0.3, 0.4) is 0 Å². The Morgan fingerprint density at radius 3 is 2.52 bits per heavy atom. The van der Waals surface area contributed by atoms with Gasteiger partial charge in [-0.1, -0.05) is 30.3 Å². The number of hydrogen-bond acceptors (Lipinski definition) is 6.